The lowest BCUT2D eigenvalue weighted by Gasteiger charge is -2.45. The summed E-state index contributed by atoms with van der Waals surface area (Å²) in [6.07, 6.45) is 1.78. The molecule has 0 aliphatic carbocycles. The van der Waals surface area contributed by atoms with Crippen LogP contribution in [0.1, 0.15) is 61.3 Å². The van der Waals surface area contributed by atoms with Crippen molar-refractivity contribution in [3.05, 3.63) is 53.2 Å². The van der Waals surface area contributed by atoms with E-state index in [1.165, 1.54) is 0 Å². The van der Waals surface area contributed by atoms with Gasteiger partial charge >= 0.3 is 0 Å². The lowest BCUT2D eigenvalue weighted by atomic mass is 9.80. The number of aryl methyl sites for hydroxylation is 1. The molecule has 170 valence electrons. The molecule has 2 aliphatic heterocycles. The number of nitrogens with zero attached hydrogens (tertiary/aromatic N) is 2. The van der Waals surface area contributed by atoms with Gasteiger partial charge in [-0.3, -0.25) is 9.59 Å². The first-order chi connectivity index (χ1) is 15.4. The Morgan fingerprint density at radius 2 is 2.06 bits per heavy atom. The van der Waals surface area contributed by atoms with Gasteiger partial charge in [0.25, 0.3) is 5.91 Å². The van der Waals surface area contributed by atoms with E-state index < -0.39 is 0 Å². The molecule has 2 aliphatic rings. The van der Waals surface area contributed by atoms with Crippen molar-refractivity contribution in [1.82, 2.24) is 15.6 Å². The Labute approximate surface area is 190 Å². The Bertz CT molecular complexity index is 1000. The lowest BCUT2D eigenvalue weighted by molar-refractivity contribution is -0.117. The highest BCUT2D eigenvalue weighted by molar-refractivity contribution is 5.98. The molecule has 7 heteroatoms. The molecule has 0 radical (unpaired) electrons. The van der Waals surface area contributed by atoms with Crippen LogP contribution in [0, 0.1) is 12.8 Å². The molecule has 0 saturated carbocycles. The molecule has 3 heterocycles. The van der Waals surface area contributed by atoms with Crippen molar-refractivity contribution >= 4 is 23.3 Å². The number of nitrogens with one attached hydrogen (secondary N) is 3. The summed E-state index contributed by atoms with van der Waals surface area (Å²) < 4.78 is 0. The summed E-state index contributed by atoms with van der Waals surface area (Å²) in [4.78, 5) is 32.1. The monoisotopic (exact) mass is 435 g/mol. The second kappa shape index (κ2) is 9.28. The van der Waals surface area contributed by atoms with Crippen LogP contribution in [0.15, 0.2) is 36.4 Å². The van der Waals surface area contributed by atoms with Gasteiger partial charge in [0.05, 0.1) is 6.04 Å². The van der Waals surface area contributed by atoms with Gasteiger partial charge in [0, 0.05) is 48.4 Å². The molecular formula is C25H33N5O2. The second-order valence-corrected chi connectivity index (χ2v) is 8.95. The van der Waals surface area contributed by atoms with E-state index >= 15 is 0 Å². The fraction of sp³-hybridized carbons (Fsp3) is 0.480. The average molecular weight is 436 g/mol. The summed E-state index contributed by atoms with van der Waals surface area (Å²) in [6.45, 7) is 9.58. The molecule has 1 aromatic heterocycles. The SMILES string of the molecule is CC[C@H]1[C@H](C)[C@@H](Nc2cccc(C)n2)c2cc(C(=O)NC3CCNC3)ccc2N1C(C)=O. The van der Waals surface area contributed by atoms with Crippen LogP contribution in [-0.2, 0) is 4.79 Å². The third-order valence-corrected chi connectivity index (χ3v) is 6.69. The highest BCUT2D eigenvalue weighted by atomic mass is 16.2. The zero-order valence-electron chi connectivity index (χ0n) is 19.3. The van der Waals surface area contributed by atoms with E-state index in [-0.39, 0.29) is 35.9 Å². The third kappa shape index (κ3) is 4.35. The number of anilines is 2. The second-order valence-electron chi connectivity index (χ2n) is 8.95. The van der Waals surface area contributed by atoms with E-state index in [9.17, 15) is 9.59 Å². The maximum atomic E-state index is 13.0. The Kier molecular flexibility index (Phi) is 6.46. The van der Waals surface area contributed by atoms with Crippen molar-refractivity contribution in [1.29, 1.82) is 0 Å². The Morgan fingerprint density at radius 1 is 1.25 bits per heavy atom. The van der Waals surface area contributed by atoms with E-state index in [2.05, 4.69) is 34.8 Å². The Morgan fingerprint density at radius 3 is 2.72 bits per heavy atom. The van der Waals surface area contributed by atoms with Crippen LogP contribution >= 0.6 is 0 Å². The van der Waals surface area contributed by atoms with Crippen LogP contribution in [0.2, 0.25) is 0 Å². The van der Waals surface area contributed by atoms with Crippen LogP contribution in [0.4, 0.5) is 11.5 Å². The standard InChI is InChI=1S/C25H33N5O2/c1-5-21-16(3)24(29-23-8-6-7-15(2)27-23)20-13-18(9-10-22(20)30(21)17(4)31)25(32)28-19-11-12-26-14-19/h6-10,13,16,19,21,24,26H,5,11-12,14H2,1-4H3,(H,27,29)(H,28,32)/t16-,19?,21-,24+/m0/s1. The van der Waals surface area contributed by atoms with Crippen molar-refractivity contribution < 1.29 is 9.59 Å². The van der Waals surface area contributed by atoms with Crippen LogP contribution < -0.4 is 20.9 Å². The van der Waals surface area contributed by atoms with Crippen molar-refractivity contribution in [3.63, 3.8) is 0 Å². The molecular weight excluding hydrogens is 402 g/mol. The topological polar surface area (TPSA) is 86.4 Å². The minimum Gasteiger partial charge on any atom is -0.363 e. The highest BCUT2D eigenvalue weighted by Gasteiger charge is 2.40. The van der Waals surface area contributed by atoms with Gasteiger partial charge in [-0.2, -0.15) is 0 Å². The molecule has 1 unspecified atom stereocenters. The average Bonchev–Trinajstić information content (AvgIpc) is 3.27. The molecule has 1 aromatic carbocycles. The van der Waals surface area contributed by atoms with Crippen LogP contribution in [0.25, 0.3) is 0 Å². The first-order valence-corrected chi connectivity index (χ1v) is 11.5. The Balaban J connectivity index is 1.73. The predicted octanol–water partition coefficient (Wildman–Crippen LogP) is 3.42. The quantitative estimate of drug-likeness (QED) is 0.670. The van der Waals surface area contributed by atoms with Gasteiger partial charge in [-0.15, -0.1) is 0 Å². The Hall–Kier alpha value is -2.93. The van der Waals surface area contributed by atoms with E-state index in [1.807, 2.05) is 48.2 Å². The van der Waals surface area contributed by atoms with Gasteiger partial charge < -0.3 is 20.9 Å². The van der Waals surface area contributed by atoms with Crippen LogP contribution in [0.3, 0.4) is 0 Å². The summed E-state index contributed by atoms with van der Waals surface area (Å²) in [5.41, 5.74) is 3.38. The van der Waals surface area contributed by atoms with Crippen molar-refractivity contribution in [2.45, 2.75) is 58.7 Å². The minimum absolute atomic E-state index is 0.0197. The molecule has 3 N–H and O–H groups in total. The molecule has 2 amide bonds. The number of carbonyl (C=O) groups excluding carboxylic acids is 2. The van der Waals surface area contributed by atoms with Crippen LogP contribution in [0.5, 0.6) is 0 Å². The normalized spacial score (nSPS) is 24.7. The van der Waals surface area contributed by atoms with Gasteiger partial charge in [0.15, 0.2) is 0 Å². The molecule has 32 heavy (non-hydrogen) atoms. The molecule has 2 aromatic rings. The molecule has 0 spiro atoms. The van der Waals surface area contributed by atoms with Gasteiger partial charge in [-0.05, 0) is 62.2 Å². The van der Waals surface area contributed by atoms with E-state index in [4.69, 9.17) is 0 Å². The fourth-order valence-corrected chi connectivity index (χ4v) is 5.08. The van der Waals surface area contributed by atoms with E-state index in [1.54, 1.807) is 6.92 Å². The molecule has 1 saturated heterocycles. The summed E-state index contributed by atoms with van der Waals surface area (Å²) in [5, 5.41) is 10.0. The summed E-state index contributed by atoms with van der Waals surface area (Å²) in [6, 6.07) is 11.8. The first-order valence-electron chi connectivity index (χ1n) is 11.5. The summed E-state index contributed by atoms with van der Waals surface area (Å²) in [5.74, 6) is 0.877. The maximum Gasteiger partial charge on any atom is 0.251 e. The highest BCUT2D eigenvalue weighted by Crippen LogP contribution is 2.43. The molecule has 0 bridgehead atoms. The smallest absolute Gasteiger partial charge is 0.251 e. The number of pyridine rings is 1. The van der Waals surface area contributed by atoms with Gasteiger partial charge in [0.1, 0.15) is 5.82 Å². The number of fused-ring (bicyclic) bond motifs is 1. The summed E-state index contributed by atoms with van der Waals surface area (Å²) >= 11 is 0. The van der Waals surface area contributed by atoms with Crippen LogP contribution in [-0.4, -0.2) is 42.0 Å². The van der Waals surface area contributed by atoms with Crippen molar-refractivity contribution in [2.24, 2.45) is 5.92 Å². The largest absolute Gasteiger partial charge is 0.363 e. The number of aromatic nitrogens is 1. The fourth-order valence-electron chi connectivity index (χ4n) is 5.08. The summed E-state index contributed by atoms with van der Waals surface area (Å²) in [7, 11) is 0. The first kappa shape index (κ1) is 22.3. The van der Waals surface area contributed by atoms with Crippen molar-refractivity contribution in [2.75, 3.05) is 23.3 Å². The lowest BCUT2D eigenvalue weighted by Crippen LogP contribution is -2.49. The molecule has 7 nitrogen and oxygen atoms in total. The number of rotatable bonds is 5. The zero-order valence-corrected chi connectivity index (χ0v) is 19.3. The third-order valence-electron chi connectivity index (χ3n) is 6.69. The number of hydrogen-bond acceptors (Lipinski definition) is 5. The number of hydrogen-bond donors (Lipinski definition) is 3. The molecule has 1 fully saturated rings. The van der Waals surface area contributed by atoms with Gasteiger partial charge in [0.2, 0.25) is 5.91 Å². The zero-order chi connectivity index (χ0) is 22.8. The minimum atomic E-state index is -0.0754. The van der Waals surface area contributed by atoms with E-state index in [0.29, 0.717) is 5.56 Å². The number of carbonyl (C=O) groups is 2. The molecule has 4 atom stereocenters. The van der Waals surface area contributed by atoms with Crippen molar-refractivity contribution in [3.8, 4) is 0 Å². The number of amides is 2. The molecule has 4 rings (SSSR count). The van der Waals surface area contributed by atoms with Gasteiger partial charge in [-0.25, -0.2) is 4.98 Å². The van der Waals surface area contributed by atoms with E-state index in [0.717, 1.165) is 48.7 Å². The maximum absolute atomic E-state index is 13.0. The predicted molar refractivity (Wildman–Crippen MR) is 127 cm³/mol. The van der Waals surface area contributed by atoms with Gasteiger partial charge in [-0.1, -0.05) is 19.9 Å². The number of benzene rings is 1.